The molecule has 0 radical (unpaired) electrons. The summed E-state index contributed by atoms with van der Waals surface area (Å²) in [5.41, 5.74) is 0.503. The number of carbonyl (C=O) groups excluding carboxylic acids is 1. The van der Waals surface area contributed by atoms with E-state index < -0.39 is 11.7 Å². The summed E-state index contributed by atoms with van der Waals surface area (Å²) in [6.45, 7) is 0.126. The number of amides is 1. The van der Waals surface area contributed by atoms with Crippen LogP contribution in [0, 0.1) is 0 Å². The van der Waals surface area contributed by atoms with Crippen LogP contribution in [0.3, 0.4) is 0 Å². The second-order valence-corrected chi connectivity index (χ2v) is 4.84. The van der Waals surface area contributed by atoms with Gasteiger partial charge in [-0.2, -0.15) is 13.2 Å². The molecule has 0 aliphatic heterocycles. The number of rotatable bonds is 4. The van der Waals surface area contributed by atoms with Crippen molar-refractivity contribution in [3.05, 3.63) is 71.3 Å². The first-order valence-corrected chi connectivity index (χ1v) is 6.76. The fourth-order valence-electron chi connectivity index (χ4n) is 1.86. The molecule has 2 rings (SSSR count). The van der Waals surface area contributed by atoms with Crippen molar-refractivity contribution >= 4 is 12.0 Å². The van der Waals surface area contributed by atoms with Gasteiger partial charge in [0.25, 0.3) is 0 Å². The van der Waals surface area contributed by atoms with Crippen LogP contribution in [0.4, 0.5) is 13.2 Å². The number of phenols is 1. The van der Waals surface area contributed by atoms with Crippen molar-refractivity contribution in [1.29, 1.82) is 0 Å². The van der Waals surface area contributed by atoms with Crippen LogP contribution < -0.4 is 5.32 Å². The predicted molar refractivity (Wildman–Crippen MR) is 80.4 cm³/mol. The Morgan fingerprint density at radius 3 is 2.43 bits per heavy atom. The van der Waals surface area contributed by atoms with Crippen LogP contribution >= 0.6 is 0 Å². The number of carbonyl (C=O) groups is 1. The zero-order valence-corrected chi connectivity index (χ0v) is 12.0. The summed E-state index contributed by atoms with van der Waals surface area (Å²) < 4.78 is 37.3. The van der Waals surface area contributed by atoms with E-state index in [9.17, 15) is 23.1 Å². The van der Waals surface area contributed by atoms with E-state index in [2.05, 4.69) is 5.32 Å². The van der Waals surface area contributed by atoms with E-state index in [1.807, 2.05) is 0 Å². The van der Waals surface area contributed by atoms with Gasteiger partial charge in [0.05, 0.1) is 5.56 Å². The van der Waals surface area contributed by atoms with Gasteiger partial charge < -0.3 is 10.4 Å². The van der Waals surface area contributed by atoms with Crippen LogP contribution in [0.25, 0.3) is 6.08 Å². The molecule has 120 valence electrons. The Morgan fingerprint density at radius 1 is 1.13 bits per heavy atom. The highest BCUT2D eigenvalue weighted by Gasteiger charge is 2.29. The normalized spacial score (nSPS) is 11.6. The summed E-state index contributed by atoms with van der Waals surface area (Å²) in [6, 6.07) is 11.0. The Labute approximate surface area is 131 Å². The van der Waals surface area contributed by atoms with Crippen molar-refractivity contribution in [3.63, 3.8) is 0 Å². The van der Waals surface area contributed by atoms with Gasteiger partial charge in [-0.1, -0.05) is 24.3 Å². The highest BCUT2D eigenvalue weighted by atomic mass is 19.4. The molecule has 0 spiro atoms. The lowest BCUT2D eigenvalue weighted by Gasteiger charge is -2.07. The standard InChI is InChI=1S/C17H14F3NO2/c18-17(19,20)14-7-4-13(5-8-14)11-21-16(23)9-6-12-2-1-3-15(22)10-12/h1-10,22H,11H2,(H,21,23). The van der Waals surface area contributed by atoms with Crippen LogP contribution in [-0.2, 0) is 17.5 Å². The van der Waals surface area contributed by atoms with Gasteiger partial charge in [0.1, 0.15) is 5.75 Å². The fraction of sp³-hybridized carbons (Fsp3) is 0.118. The quantitative estimate of drug-likeness (QED) is 0.843. The summed E-state index contributed by atoms with van der Waals surface area (Å²) in [5.74, 6) is -0.287. The van der Waals surface area contributed by atoms with E-state index >= 15 is 0 Å². The number of alkyl halides is 3. The van der Waals surface area contributed by atoms with Crippen LogP contribution in [0.5, 0.6) is 5.75 Å². The Bertz CT molecular complexity index is 707. The van der Waals surface area contributed by atoms with Gasteiger partial charge in [-0.25, -0.2) is 0 Å². The number of halogens is 3. The molecule has 23 heavy (non-hydrogen) atoms. The van der Waals surface area contributed by atoms with E-state index in [4.69, 9.17) is 0 Å². The minimum absolute atomic E-state index is 0.0947. The molecule has 0 unspecified atom stereocenters. The summed E-state index contributed by atoms with van der Waals surface area (Å²) >= 11 is 0. The molecule has 0 bridgehead atoms. The lowest BCUT2D eigenvalue weighted by molar-refractivity contribution is -0.137. The van der Waals surface area contributed by atoms with Crippen molar-refractivity contribution in [2.24, 2.45) is 0 Å². The maximum absolute atomic E-state index is 12.4. The zero-order valence-electron chi connectivity index (χ0n) is 12.0. The first-order chi connectivity index (χ1) is 10.8. The summed E-state index contributed by atoms with van der Waals surface area (Å²) in [7, 11) is 0. The van der Waals surface area contributed by atoms with Crippen LogP contribution in [0.1, 0.15) is 16.7 Å². The van der Waals surface area contributed by atoms with E-state index in [-0.39, 0.29) is 18.2 Å². The number of aromatic hydroxyl groups is 1. The first-order valence-electron chi connectivity index (χ1n) is 6.76. The number of phenolic OH excluding ortho intramolecular Hbond substituents is 1. The average molecular weight is 321 g/mol. The third kappa shape index (κ3) is 5.18. The molecular weight excluding hydrogens is 307 g/mol. The molecule has 2 aromatic carbocycles. The van der Waals surface area contributed by atoms with Crippen LogP contribution in [-0.4, -0.2) is 11.0 Å². The molecular formula is C17H14F3NO2. The van der Waals surface area contributed by atoms with Crippen LogP contribution in [0.2, 0.25) is 0 Å². The molecule has 1 amide bonds. The molecule has 0 atom stereocenters. The Kier molecular flexibility index (Phi) is 5.05. The highest BCUT2D eigenvalue weighted by molar-refractivity contribution is 5.91. The third-order valence-corrected chi connectivity index (χ3v) is 3.05. The van der Waals surface area contributed by atoms with Crippen molar-refractivity contribution in [1.82, 2.24) is 5.32 Å². The van der Waals surface area contributed by atoms with Crippen LogP contribution in [0.15, 0.2) is 54.6 Å². The number of benzene rings is 2. The topological polar surface area (TPSA) is 49.3 Å². The lowest BCUT2D eigenvalue weighted by Crippen LogP contribution is -2.20. The fourth-order valence-corrected chi connectivity index (χ4v) is 1.86. The Morgan fingerprint density at radius 2 is 1.83 bits per heavy atom. The van der Waals surface area contributed by atoms with Crippen molar-refractivity contribution in [3.8, 4) is 5.75 Å². The minimum atomic E-state index is -4.37. The molecule has 0 aromatic heterocycles. The van der Waals surface area contributed by atoms with Gasteiger partial charge in [0.15, 0.2) is 0 Å². The smallest absolute Gasteiger partial charge is 0.416 e. The average Bonchev–Trinajstić information content (AvgIpc) is 2.50. The second-order valence-electron chi connectivity index (χ2n) is 4.84. The minimum Gasteiger partial charge on any atom is -0.508 e. The zero-order chi connectivity index (χ0) is 16.9. The molecule has 0 heterocycles. The van der Waals surface area contributed by atoms with Gasteiger partial charge in [-0.3, -0.25) is 4.79 Å². The molecule has 0 fully saturated rings. The molecule has 0 aliphatic rings. The van der Waals surface area contributed by atoms with Gasteiger partial charge >= 0.3 is 6.18 Å². The summed E-state index contributed by atoms with van der Waals surface area (Å²) in [6.07, 6.45) is -1.55. The second kappa shape index (κ2) is 7.00. The number of nitrogens with one attached hydrogen (secondary N) is 1. The van der Waals surface area contributed by atoms with E-state index in [1.165, 1.54) is 36.4 Å². The molecule has 3 nitrogen and oxygen atoms in total. The Balaban J connectivity index is 1.89. The molecule has 2 aromatic rings. The van der Waals surface area contributed by atoms with Crippen molar-refractivity contribution in [2.45, 2.75) is 12.7 Å². The van der Waals surface area contributed by atoms with Gasteiger partial charge in [-0.15, -0.1) is 0 Å². The largest absolute Gasteiger partial charge is 0.508 e. The third-order valence-electron chi connectivity index (χ3n) is 3.05. The monoisotopic (exact) mass is 321 g/mol. The Hall–Kier alpha value is -2.76. The highest BCUT2D eigenvalue weighted by Crippen LogP contribution is 2.29. The molecule has 0 saturated heterocycles. The maximum Gasteiger partial charge on any atom is 0.416 e. The van der Waals surface area contributed by atoms with E-state index in [1.54, 1.807) is 12.1 Å². The SMILES string of the molecule is O=C(C=Cc1cccc(O)c1)NCc1ccc(C(F)(F)F)cc1. The lowest BCUT2D eigenvalue weighted by atomic mass is 10.1. The number of hydrogen-bond donors (Lipinski definition) is 2. The predicted octanol–water partition coefficient (Wildman–Crippen LogP) is 3.74. The van der Waals surface area contributed by atoms with Gasteiger partial charge in [-0.05, 0) is 41.5 Å². The van der Waals surface area contributed by atoms with E-state index in [0.29, 0.717) is 11.1 Å². The molecule has 2 N–H and O–H groups in total. The first kappa shape index (κ1) is 16.6. The van der Waals surface area contributed by atoms with Gasteiger partial charge in [0.2, 0.25) is 5.91 Å². The molecule has 0 aliphatic carbocycles. The summed E-state index contributed by atoms with van der Waals surface area (Å²) in [5, 5.41) is 11.9. The summed E-state index contributed by atoms with van der Waals surface area (Å²) in [4.78, 5) is 11.7. The molecule has 0 saturated carbocycles. The van der Waals surface area contributed by atoms with Crippen molar-refractivity contribution < 1.29 is 23.1 Å². The molecule has 6 heteroatoms. The van der Waals surface area contributed by atoms with Crippen molar-refractivity contribution in [2.75, 3.05) is 0 Å². The number of hydrogen-bond acceptors (Lipinski definition) is 2. The van der Waals surface area contributed by atoms with E-state index in [0.717, 1.165) is 12.1 Å². The maximum atomic E-state index is 12.4. The van der Waals surface area contributed by atoms with Gasteiger partial charge in [0, 0.05) is 12.6 Å².